The number of carbonyl (C=O) groups excluding carboxylic acids is 1. The maximum Gasteiger partial charge on any atom is 0.421 e. The van der Waals surface area contributed by atoms with Crippen molar-refractivity contribution in [1.82, 2.24) is 14.3 Å². The normalized spacial score (nSPS) is 25.0. The molecule has 1 amide bonds. The molecule has 1 fully saturated rings. The zero-order chi connectivity index (χ0) is 14.5. The van der Waals surface area contributed by atoms with Gasteiger partial charge in [-0.15, -0.1) is 0 Å². The van der Waals surface area contributed by atoms with Crippen LogP contribution < -0.4 is 10.0 Å². The summed E-state index contributed by atoms with van der Waals surface area (Å²) in [6, 6.07) is 0.319. The van der Waals surface area contributed by atoms with E-state index in [9.17, 15) is 13.2 Å². The average Bonchev–Trinajstić information content (AvgIpc) is 2.37. The highest BCUT2D eigenvalue weighted by atomic mass is 32.2. The first kappa shape index (κ1) is 16.2. The lowest BCUT2D eigenvalue weighted by Gasteiger charge is -2.37. The summed E-state index contributed by atoms with van der Waals surface area (Å²) in [4.78, 5) is 11.2. The van der Waals surface area contributed by atoms with E-state index >= 15 is 0 Å². The number of hydrogen-bond acceptors (Lipinski definition) is 5. The van der Waals surface area contributed by atoms with Crippen LogP contribution in [0.25, 0.3) is 0 Å². The lowest BCUT2D eigenvalue weighted by Crippen LogP contribution is -2.53. The second-order valence-electron chi connectivity index (χ2n) is 4.54. The maximum atomic E-state index is 12.0. The van der Waals surface area contributed by atoms with Crippen molar-refractivity contribution in [1.29, 1.82) is 0 Å². The van der Waals surface area contributed by atoms with Crippen molar-refractivity contribution in [3.63, 3.8) is 0 Å². The van der Waals surface area contributed by atoms with Crippen LogP contribution in [0.2, 0.25) is 0 Å². The average molecular weight is 293 g/mol. The van der Waals surface area contributed by atoms with Crippen molar-refractivity contribution in [3.05, 3.63) is 0 Å². The van der Waals surface area contributed by atoms with E-state index in [1.54, 1.807) is 6.92 Å². The van der Waals surface area contributed by atoms with Crippen LogP contribution in [-0.4, -0.2) is 51.6 Å². The summed E-state index contributed by atoms with van der Waals surface area (Å²) in [5.74, 6) is 0.248. The van der Waals surface area contributed by atoms with E-state index in [0.717, 1.165) is 12.8 Å². The quantitative estimate of drug-likeness (QED) is 0.761. The van der Waals surface area contributed by atoms with Gasteiger partial charge in [-0.25, -0.2) is 9.52 Å². The minimum absolute atomic E-state index is 0.140. The Hall–Kier alpha value is -0.860. The van der Waals surface area contributed by atoms with Gasteiger partial charge in [0, 0.05) is 19.1 Å². The first-order chi connectivity index (χ1) is 8.94. The van der Waals surface area contributed by atoms with Crippen LogP contribution in [-0.2, 0) is 14.9 Å². The molecule has 0 bridgehead atoms. The molecule has 2 unspecified atom stereocenters. The molecule has 2 N–H and O–H groups in total. The van der Waals surface area contributed by atoms with Crippen molar-refractivity contribution >= 4 is 16.3 Å². The highest BCUT2D eigenvalue weighted by Crippen LogP contribution is 2.21. The Labute approximate surface area is 114 Å². The third-order valence-corrected chi connectivity index (χ3v) is 4.86. The number of nitrogens with one attached hydrogen (secondary N) is 2. The molecule has 1 rings (SSSR count). The van der Waals surface area contributed by atoms with Crippen LogP contribution in [0.1, 0.15) is 26.7 Å². The SMILES string of the molecule is CCOC(=O)NS(=O)(=O)N1CCC(NC)C(CC)C1. The van der Waals surface area contributed by atoms with Gasteiger partial charge in [-0.3, -0.25) is 0 Å². The van der Waals surface area contributed by atoms with Gasteiger partial charge in [0.15, 0.2) is 0 Å². The predicted molar refractivity (Wildman–Crippen MR) is 71.9 cm³/mol. The van der Waals surface area contributed by atoms with E-state index in [4.69, 9.17) is 0 Å². The summed E-state index contributed by atoms with van der Waals surface area (Å²) in [5, 5.41) is 3.20. The summed E-state index contributed by atoms with van der Waals surface area (Å²) >= 11 is 0. The number of ether oxygens (including phenoxy) is 1. The van der Waals surface area contributed by atoms with Crippen LogP contribution in [0.3, 0.4) is 0 Å². The van der Waals surface area contributed by atoms with Crippen molar-refractivity contribution in [2.45, 2.75) is 32.7 Å². The van der Waals surface area contributed by atoms with Gasteiger partial charge < -0.3 is 10.1 Å². The molecule has 0 spiro atoms. The van der Waals surface area contributed by atoms with Crippen LogP contribution in [0.5, 0.6) is 0 Å². The number of piperidine rings is 1. The summed E-state index contributed by atoms with van der Waals surface area (Å²) < 4.78 is 31.9. The Balaban J connectivity index is 2.67. The summed E-state index contributed by atoms with van der Waals surface area (Å²) in [5.41, 5.74) is 0. The molecule has 0 radical (unpaired) electrons. The second-order valence-corrected chi connectivity index (χ2v) is 6.21. The van der Waals surface area contributed by atoms with Gasteiger partial charge in [-0.2, -0.15) is 12.7 Å². The highest BCUT2D eigenvalue weighted by molar-refractivity contribution is 7.87. The molecular weight excluding hydrogens is 270 g/mol. The van der Waals surface area contributed by atoms with Gasteiger partial charge in [0.1, 0.15) is 0 Å². The lowest BCUT2D eigenvalue weighted by atomic mass is 9.91. The molecule has 1 aliphatic heterocycles. The molecule has 1 saturated heterocycles. The number of carbonyl (C=O) groups is 1. The van der Waals surface area contributed by atoms with Gasteiger partial charge in [0.25, 0.3) is 0 Å². The molecule has 2 atom stereocenters. The fourth-order valence-electron chi connectivity index (χ4n) is 2.34. The van der Waals surface area contributed by atoms with Gasteiger partial charge in [0.2, 0.25) is 0 Å². The van der Waals surface area contributed by atoms with Gasteiger partial charge >= 0.3 is 16.3 Å². The Morgan fingerprint density at radius 3 is 2.63 bits per heavy atom. The van der Waals surface area contributed by atoms with Crippen LogP contribution in [0.4, 0.5) is 4.79 Å². The third kappa shape index (κ3) is 4.32. The highest BCUT2D eigenvalue weighted by Gasteiger charge is 2.34. The number of nitrogens with zero attached hydrogens (tertiary/aromatic N) is 1. The van der Waals surface area contributed by atoms with Gasteiger partial charge in [-0.05, 0) is 26.3 Å². The first-order valence-corrected chi connectivity index (χ1v) is 8.00. The predicted octanol–water partition coefficient (Wildman–Crippen LogP) is 0.297. The van der Waals surface area contributed by atoms with E-state index in [-0.39, 0.29) is 12.5 Å². The van der Waals surface area contributed by atoms with Gasteiger partial charge in [-0.1, -0.05) is 13.3 Å². The van der Waals surface area contributed by atoms with Crippen LogP contribution in [0, 0.1) is 5.92 Å². The molecule has 1 heterocycles. The smallest absolute Gasteiger partial charge is 0.421 e. The van der Waals surface area contributed by atoms with E-state index in [0.29, 0.717) is 19.1 Å². The molecule has 8 heteroatoms. The van der Waals surface area contributed by atoms with E-state index < -0.39 is 16.3 Å². The number of rotatable bonds is 5. The molecule has 0 aromatic rings. The van der Waals surface area contributed by atoms with E-state index in [2.05, 4.69) is 10.1 Å². The summed E-state index contributed by atoms with van der Waals surface area (Å²) in [6.07, 6.45) is 0.696. The summed E-state index contributed by atoms with van der Waals surface area (Å²) in [6.45, 7) is 4.61. The van der Waals surface area contributed by atoms with E-state index in [1.807, 2.05) is 18.7 Å². The Morgan fingerprint density at radius 1 is 1.42 bits per heavy atom. The minimum Gasteiger partial charge on any atom is -0.449 e. The Morgan fingerprint density at radius 2 is 2.11 bits per heavy atom. The minimum atomic E-state index is -3.80. The fraction of sp³-hybridized carbons (Fsp3) is 0.909. The molecular formula is C11H23N3O4S. The number of hydrogen-bond donors (Lipinski definition) is 2. The zero-order valence-electron chi connectivity index (χ0n) is 11.7. The standard InChI is InChI=1S/C11H23N3O4S/c1-4-9-8-14(7-6-10(9)12-3)19(16,17)13-11(15)18-5-2/h9-10,12H,4-8H2,1-3H3,(H,13,15). The monoisotopic (exact) mass is 293 g/mol. The molecule has 0 saturated carbocycles. The molecule has 112 valence electrons. The topological polar surface area (TPSA) is 87.7 Å². The molecule has 0 aliphatic carbocycles. The van der Waals surface area contributed by atoms with Crippen molar-refractivity contribution < 1.29 is 17.9 Å². The first-order valence-electron chi connectivity index (χ1n) is 6.56. The zero-order valence-corrected chi connectivity index (χ0v) is 12.5. The number of amides is 1. The second kappa shape index (κ2) is 7.06. The Bertz CT molecular complexity index is 399. The van der Waals surface area contributed by atoms with Crippen molar-refractivity contribution in [2.75, 3.05) is 26.7 Å². The largest absolute Gasteiger partial charge is 0.449 e. The van der Waals surface area contributed by atoms with Crippen LogP contribution in [0.15, 0.2) is 0 Å². The Kier molecular flexibility index (Phi) is 6.02. The maximum absolute atomic E-state index is 12.0. The van der Waals surface area contributed by atoms with Crippen molar-refractivity contribution in [2.24, 2.45) is 5.92 Å². The van der Waals surface area contributed by atoms with Crippen molar-refractivity contribution in [3.8, 4) is 0 Å². The molecule has 0 aromatic carbocycles. The van der Waals surface area contributed by atoms with Gasteiger partial charge in [0.05, 0.1) is 6.61 Å². The molecule has 0 aromatic heterocycles. The van der Waals surface area contributed by atoms with Crippen LogP contribution >= 0.6 is 0 Å². The van der Waals surface area contributed by atoms with E-state index in [1.165, 1.54) is 4.31 Å². The molecule has 1 aliphatic rings. The molecule has 7 nitrogen and oxygen atoms in total. The summed E-state index contributed by atoms with van der Waals surface area (Å²) in [7, 11) is -1.92. The lowest BCUT2D eigenvalue weighted by molar-refractivity contribution is 0.156. The molecule has 19 heavy (non-hydrogen) atoms. The third-order valence-electron chi connectivity index (χ3n) is 3.42. The fourth-order valence-corrected chi connectivity index (χ4v) is 3.47.